The van der Waals surface area contributed by atoms with Crippen LogP contribution in [0.15, 0.2) is 23.3 Å². The monoisotopic (exact) mass is 266 g/mol. The molecule has 0 radical (unpaired) electrons. The van der Waals surface area contributed by atoms with Gasteiger partial charge in [-0.15, -0.1) is 0 Å². The molecule has 0 amide bonds. The summed E-state index contributed by atoms with van der Waals surface area (Å²) in [5.74, 6) is -0.298. The number of nitrogens with one attached hydrogen (secondary N) is 1. The third-order valence-corrected chi connectivity index (χ3v) is 2.92. The van der Waals surface area contributed by atoms with Crippen molar-refractivity contribution in [3.05, 3.63) is 29.6 Å². The Morgan fingerprint density at radius 2 is 2.17 bits per heavy atom. The highest BCUT2D eigenvalue weighted by Gasteiger charge is 2.13. The molecule has 0 atom stereocenters. The Morgan fingerprint density at radius 3 is 2.78 bits per heavy atom. The van der Waals surface area contributed by atoms with Crippen LogP contribution in [-0.4, -0.2) is 24.4 Å². The van der Waals surface area contributed by atoms with Crippen molar-refractivity contribution in [1.29, 1.82) is 0 Å². The minimum absolute atomic E-state index is 0.0559. The van der Waals surface area contributed by atoms with Crippen molar-refractivity contribution in [2.45, 2.75) is 12.8 Å². The van der Waals surface area contributed by atoms with Crippen LogP contribution in [0.5, 0.6) is 0 Å². The quantitative estimate of drug-likeness (QED) is 0.495. The van der Waals surface area contributed by atoms with E-state index in [-0.39, 0.29) is 10.9 Å². The van der Waals surface area contributed by atoms with E-state index in [1.54, 1.807) is 6.07 Å². The van der Waals surface area contributed by atoms with Crippen LogP contribution in [0, 0.1) is 5.82 Å². The molecule has 96 valence electrons. The summed E-state index contributed by atoms with van der Waals surface area (Å²) in [5.41, 5.74) is 8.93. The highest BCUT2D eigenvalue weighted by molar-refractivity contribution is 7.80. The predicted octanol–water partition coefficient (Wildman–Crippen LogP) is 1.59. The summed E-state index contributed by atoms with van der Waals surface area (Å²) in [6.07, 6.45) is 3.70. The Morgan fingerprint density at radius 1 is 1.44 bits per heavy atom. The van der Waals surface area contributed by atoms with E-state index in [9.17, 15) is 4.39 Å². The van der Waals surface area contributed by atoms with Crippen LogP contribution in [-0.2, 0) is 0 Å². The molecule has 0 aromatic heterocycles. The number of halogens is 1. The van der Waals surface area contributed by atoms with Crippen LogP contribution >= 0.6 is 12.2 Å². The van der Waals surface area contributed by atoms with Gasteiger partial charge in [-0.1, -0.05) is 0 Å². The number of anilines is 1. The maximum absolute atomic E-state index is 13.8. The zero-order valence-corrected chi connectivity index (χ0v) is 10.7. The molecule has 1 aliphatic rings. The lowest BCUT2D eigenvalue weighted by Crippen LogP contribution is -2.24. The second-order valence-electron chi connectivity index (χ2n) is 4.13. The maximum atomic E-state index is 13.8. The Hall–Kier alpha value is -1.69. The van der Waals surface area contributed by atoms with Crippen LogP contribution < -0.4 is 16.1 Å². The fraction of sp³-hybridized carbons (Fsp3) is 0.333. The van der Waals surface area contributed by atoms with E-state index >= 15 is 0 Å². The fourth-order valence-corrected chi connectivity index (χ4v) is 2.01. The van der Waals surface area contributed by atoms with Crippen LogP contribution in [0.1, 0.15) is 18.4 Å². The lowest BCUT2D eigenvalue weighted by molar-refractivity contribution is 0.625. The molecule has 18 heavy (non-hydrogen) atoms. The summed E-state index contributed by atoms with van der Waals surface area (Å²) in [6, 6.07) is 5.14. The molecule has 1 fully saturated rings. The van der Waals surface area contributed by atoms with Crippen LogP contribution in [0.4, 0.5) is 10.1 Å². The minimum Gasteiger partial charge on any atom is -0.375 e. The highest BCUT2D eigenvalue weighted by atomic mass is 32.1. The van der Waals surface area contributed by atoms with Gasteiger partial charge in [-0.2, -0.15) is 5.10 Å². The summed E-state index contributed by atoms with van der Waals surface area (Å²) in [6.45, 7) is 1.99. The Labute approximate surface area is 111 Å². The number of hydrogen-bond donors (Lipinski definition) is 2. The number of thiocarbonyl (C=S) groups is 1. The average Bonchev–Trinajstić information content (AvgIpc) is 2.84. The molecule has 0 saturated carbocycles. The first kappa shape index (κ1) is 12.8. The molecule has 2 rings (SSSR count). The molecule has 1 aliphatic heterocycles. The molecule has 1 saturated heterocycles. The van der Waals surface area contributed by atoms with Crippen molar-refractivity contribution < 1.29 is 4.39 Å². The zero-order chi connectivity index (χ0) is 13.0. The van der Waals surface area contributed by atoms with Gasteiger partial charge in [-0.25, -0.2) is 4.39 Å². The largest absolute Gasteiger partial charge is 0.375 e. The van der Waals surface area contributed by atoms with Gasteiger partial charge in [0.2, 0.25) is 0 Å². The SMILES string of the molecule is NC(=S)NN=Cc1ccc(N2CCCC2)cc1F. The van der Waals surface area contributed by atoms with Crippen molar-refractivity contribution >= 4 is 29.2 Å². The average molecular weight is 266 g/mol. The first-order valence-corrected chi connectivity index (χ1v) is 6.20. The van der Waals surface area contributed by atoms with Gasteiger partial charge >= 0.3 is 0 Å². The van der Waals surface area contributed by atoms with E-state index in [2.05, 4.69) is 27.6 Å². The van der Waals surface area contributed by atoms with Crippen LogP contribution in [0.25, 0.3) is 0 Å². The number of rotatable bonds is 3. The second kappa shape index (κ2) is 5.77. The van der Waals surface area contributed by atoms with E-state index < -0.39 is 0 Å². The Kier molecular flexibility index (Phi) is 4.09. The van der Waals surface area contributed by atoms with Crippen molar-refractivity contribution in [1.82, 2.24) is 5.43 Å². The lowest BCUT2D eigenvalue weighted by atomic mass is 10.2. The second-order valence-corrected chi connectivity index (χ2v) is 4.57. The number of benzene rings is 1. The van der Waals surface area contributed by atoms with Crippen LogP contribution in [0.3, 0.4) is 0 Å². The summed E-state index contributed by atoms with van der Waals surface area (Å²) in [5, 5.41) is 3.79. The Bertz CT molecular complexity index is 469. The molecular weight excluding hydrogens is 251 g/mol. The first-order valence-electron chi connectivity index (χ1n) is 5.80. The van der Waals surface area contributed by atoms with Gasteiger partial charge in [0.15, 0.2) is 5.11 Å². The molecule has 0 bridgehead atoms. The normalized spacial score (nSPS) is 15.3. The van der Waals surface area contributed by atoms with Gasteiger partial charge < -0.3 is 10.6 Å². The molecule has 1 heterocycles. The van der Waals surface area contributed by atoms with Gasteiger partial charge in [0.25, 0.3) is 0 Å². The zero-order valence-electron chi connectivity index (χ0n) is 9.90. The topological polar surface area (TPSA) is 53.6 Å². The fourth-order valence-electron chi connectivity index (χ4n) is 1.96. The molecule has 3 N–H and O–H groups in total. The van der Waals surface area contributed by atoms with E-state index in [4.69, 9.17) is 5.73 Å². The molecule has 6 heteroatoms. The number of hydrogen-bond acceptors (Lipinski definition) is 3. The van der Waals surface area contributed by atoms with Crippen LogP contribution in [0.2, 0.25) is 0 Å². The van der Waals surface area contributed by atoms with Gasteiger partial charge in [0, 0.05) is 24.3 Å². The summed E-state index contributed by atoms with van der Waals surface area (Å²) in [7, 11) is 0. The third kappa shape index (κ3) is 3.16. The molecule has 0 unspecified atom stereocenters. The number of hydrazone groups is 1. The smallest absolute Gasteiger partial charge is 0.184 e. The van der Waals surface area contributed by atoms with Gasteiger partial charge in [-0.3, -0.25) is 5.43 Å². The predicted molar refractivity (Wildman–Crippen MR) is 75.4 cm³/mol. The van der Waals surface area contributed by atoms with Gasteiger partial charge in [0.1, 0.15) is 5.82 Å². The molecule has 0 aliphatic carbocycles. The van der Waals surface area contributed by atoms with Gasteiger partial charge in [0.05, 0.1) is 6.21 Å². The van der Waals surface area contributed by atoms with E-state index in [0.717, 1.165) is 18.8 Å². The molecular formula is C12H15FN4S. The van der Waals surface area contributed by atoms with E-state index in [1.165, 1.54) is 25.1 Å². The van der Waals surface area contributed by atoms with Crippen molar-refractivity contribution in [3.8, 4) is 0 Å². The molecule has 4 nitrogen and oxygen atoms in total. The van der Waals surface area contributed by atoms with Crippen molar-refractivity contribution in [2.75, 3.05) is 18.0 Å². The number of nitrogens with two attached hydrogens (primary N) is 1. The standard InChI is InChI=1S/C12H15FN4S/c13-11-7-10(17-5-1-2-6-17)4-3-9(11)8-15-16-12(14)18/h3-4,7-8H,1-2,5-6H2,(H3,14,16,18). The first-order chi connectivity index (χ1) is 8.66. The van der Waals surface area contributed by atoms with E-state index in [1.807, 2.05) is 6.07 Å². The lowest BCUT2D eigenvalue weighted by Gasteiger charge is -2.17. The molecule has 0 spiro atoms. The van der Waals surface area contributed by atoms with Gasteiger partial charge in [-0.05, 0) is 43.3 Å². The van der Waals surface area contributed by atoms with Crippen molar-refractivity contribution in [2.24, 2.45) is 10.8 Å². The third-order valence-electron chi connectivity index (χ3n) is 2.83. The number of nitrogens with zero attached hydrogens (tertiary/aromatic N) is 2. The summed E-state index contributed by atoms with van der Waals surface area (Å²) < 4.78 is 13.8. The molecule has 1 aromatic rings. The molecule has 1 aromatic carbocycles. The summed E-state index contributed by atoms with van der Waals surface area (Å²) in [4.78, 5) is 2.18. The van der Waals surface area contributed by atoms with E-state index in [0.29, 0.717) is 5.56 Å². The summed E-state index contributed by atoms with van der Waals surface area (Å²) >= 11 is 4.59. The highest BCUT2D eigenvalue weighted by Crippen LogP contribution is 2.22. The van der Waals surface area contributed by atoms with Crippen molar-refractivity contribution in [3.63, 3.8) is 0 Å². The maximum Gasteiger partial charge on any atom is 0.184 e. The Balaban J connectivity index is 2.09. The minimum atomic E-state index is -0.298.